The van der Waals surface area contributed by atoms with Crippen LogP contribution in [0.1, 0.15) is 0 Å². The highest BCUT2D eigenvalue weighted by Gasteiger charge is 2.08. The summed E-state index contributed by atoms with van der Waals surface area (Å²) in [5, 5.41) is 17.4. The summed E-state index contributed by atoms with van der Waals surface area (Å²) in [6.45, 7) is -0.436. The predicted octanol–water partition coefficient (Wildman–Crippen LogP) is -1.70. The third kappa shape index (κ3) is 6.99. The molecule has 0 radical (unpaired) electrons. The lowest BCUT2D eigenvalue weighted by atomic mass is 10.0. The average molecular weight is 208 g/mol. The van der Waals surface area contributed by atoms with Crippen LogP contribution in [0, 0.1) is 0 Å². The van der Waals surface area contributed by atoms with Gasteiger partial charge in [-0.1, -0.05) is 0 Å². The van der Waals surface area contributed by atoms with Crippen LogP contribution in [0.25, 0.3) is 0 Å². The molecule has 0 aliphatic rings. The third-order valence-corrected chi connectivity index (χ3v) is 1.78. The van der Waals surface area contributed by atoms with Gasteiger partial charge in [0.1, 0.15) is 7.85 Å². The molecule has 0 heterocycles. The van der Waals surface area contributed by atoms with Gasteiger partial charge in [0.2, 0.25) is 8.03 Å². The van der Waals surface area contributed by atoms with Gasteiger partial charge in [0.15, 0.2) is 0 Å². The summed E-state index contributed by atoms with van der Waals surface area (Å²) in [4.78, 5) is 8.46. The number of aliphatic hydroxyl groups is 2. The van der Waals surface area contributed by atoms with Crippen molar-refractivity contribution in [2.24, 2.45) is 0 Å². The minimum Gasteiger partial charge on any atom is -0.394 e. The Bertz CT molecular complexity index is 186. The highest BCUT2D eigenvalue weighted by molar-refractivity contribution is 7.41. The van der Waals surface area contributed by atoms with Crippen LogP contribution in [-0.4, -0.2) is 48.3 Å². The molecule has 0 saturated heterocycles. The highest BCUT2D eigenvalue weighted by atomic mass is 31.1. The van der Waals surface area contributed by atoms with Crippen LogP contribution < -0.4 is 0 Å². The first-order valence-corrected chi connectivity index (χ1v) is 5.31. The second-order valence-electron chi connectivity index (χ2n) is 2.55. The Morgan fingerprint density at radius 3 is 2.46 bits per heavy atom. The summed E-state index contributed by atoms with van der Waals surface area (Å²) in [5.41, 5.74) is 0. The molecule has 0 aliphatic heterocycles. The zero-order valence-corrected chi connectivity index (χ0v) is 8.38. The van der Waals surface area contributed by atoms with Crippen molar-refractivity contribution in [3.05, 3.63) is 11.9 Å². The fraction of sp³-hybridized carbons (Fsp3) is 0.667. The fourth-order valence-electron chi connectivity index (χ4n) is 0.680. The maximum atomic E-state index is 10.3. The smallest absolute Gasteiger partial charge is 0.210 e. The minimum absolute atomic E-state index is 0.154. The predicted molar refractivity (Wildman–Crippen MR) is 51.7 cm³/mol. The van der Waals surface area contributed by atoms with E-state index >= 15 is 0 Å². The third-order valence-electron chi connectivity index (χ3n) is 1.30. The largest absolute Gasteiger partial charge is 0.394 e. The zero-order chi connectivity index (χ0) is 10.3. The Morgan fingerprint density at radius 2 is 2.08 bits per heavy atom. The van der Waals surface area contributed by atoms with Crippen molar-refractivity contribution < 1.29 is 24.4 Å². The van der Waals surface area contributed by atoms with Crippen molar-refractivity contribution in [2.75, 3.05) is 13.2 Å². The molecule has 0 saturated carbocycles. The second kappa shape index (κ2) is 7.29. The second-order valence-corrected chi connectivity index (χ2v) is 3.56. The lowest BCUT2D eigenvalue weighted by Gasteiger charge is -2.15. The molecule has 0 aliphatic carbocycles. The Morgan fingerprint density at radius 1 is 1.46 bits per heavy atom. The lowest BCUT2D eigenvalue weighted by molar-refractivity contribution is 0.000781. The number of hydrogen-bond acceptors (Lipinski definition) is 4. The molecule has 1 unspecified atom stereocenters. The van der Waals surface area contributed by atoms with E-state index in [1.165, 1.54) is 6.08 Å². The number of hydrogen-bond donors (Lipinski definition) is 3. The van der Waals surface area contributed by atoms with E-state index in [-0.39, 0.29) is 13.2 Å². The van der Waals surface area contributed by atoms with E-state index in [4.69, 9.17) is 19.8 Å². The molecule has 5 nitrogen and oxygen atoms in total. The maximum absolute atomic E-state index is 10.3. The average Bonchev–Trinajstić information content (AvgIpc) is 2.11. The van der Waals surface area contributed by atoms with Gasteiger partial charge < -0.3 is 19.8 Å². The standard InChI is InChI=1S/C6H14BO5P/c7-6(4-9)12-5(3-8)1-2-13(10)11/h1-2,5-6,8-9,13H,3-4,7H2,(H,10,11)/b2-1+/t5-,6-/m1/s1. The summed E-state index contributed by atoms with van der Waals surface area (Å²) in [5.74, 6) is 1.08. The van der Waals surface area contributed by atoms with Crippen molar-refractivity contribution in [2.45, 2.75) is 12.1 Å². The van der Waals surface area contributed by atoms with E-state index in [1.807, 2.05) is 0 Å². The van der Waals surface area contributed by atoms with Gasteiger partial charge in [0, 0.05) is 6.00 Å². The van der Waals surface area contributed by atoms with E-state index in [1.54, 1.807) is 7.85 Å². The minimum atomic E-state index is -2.67. The van der Waals surface area contributed by atoms with Crippen LogP contribution in [0.5, 0.6) is 0 Å². The van der Waals surface area contributed by atoms with Crippen LogP contribution in [0.3, 0.4) is 0 Å². The molecule has 0 bridgehead atoms. The summed E-state index contributed by atoms with van der Waals surface area (Å²) in [6.07, 6.45) is 0.677. The summed E-state index contributed by atoms with van der Waals surface area (Å²) in [6, 6.07) is -0.400. The van der Waals surface area contributed by atoms with E-state index in [0.29, 0.717) is 0 Å². The van der Waals surface area contributed by atoms with Gasteiger partial charge in [-0.25, -0.2) is 0 Å². The molecule has 3 N–H and O–H groups in total. The normalized spacial score (nSPS) is 18.7. The number of rotatable bonds is 6. The van der Waals surface area contributed by atoms with Gasteiger partial charge >= 0.3 is 0 Å². The van der Waals surface area contributed by atoms with Crippen molar-refractivity contribution in [3.63, 3.8) is 0 Å². The molecule has 0 aromatic rings. The van der Waals surface area contributed by atoms with Gasteiger partial charge in [0.05, 0.1) is 19.3 Å². The molecular weight excluding hydrogens is 194 g/mol. The van der Waals surface area contributed by atoms with E-state index in [9.17, 15) is 4.57 Å². The first-order chi connectivity index (χ1) is 6.10. The number of aliphatic hydroxyl groups excluding tert-OH is 2. The van der Waals surface area contributed by atoms with E-state index in [2.05, 4.69) is 0 Å². The van der Waals surface area contributed by atoms with Crippen LogP contribution in [0.2, 0.25) is 0 Å². The van der Waals surface area contributed by atoms with Gasteiger partial charge in [0.25, 0.3) is 0 Å². The van der Waals surface area contributed by atoms with E-state index < -0.39 is 20.1 Å². The Labute approximate surface area is 78.3 Å². The van der Waals surface area contributed by atoms with Crippen molar-refractivity contribution in [3.8, 4) is 0 Å². The van der Waals surface area contributed by atoms with Crippen LogP contribution in [0.15, 0.2) is 11.9 Å². The topological polar surface area (TPSA) is 87.0 Å². The molecule has 7 heteroatoms. The van der Waals surface area contributed by atoms with Crippen LogP contribution in [0.4, 0.5) is 0 Å². The zero-order valence-electron chi connectivity index (χ0n) is 7.38. The molecule has 0 rings (SSSR count). The molecule has 76 valence electrons. The monoisotopic (exact) mass is 208 g/mol. The molecule has 0 aromatic heterocycles. The van der Waals surface area contributed by atoms with Gasteiger partial charge in [-0.3, -0.25) is 4.57 Å². The first kappa shape index (κ1) is 12.9. The van der Waals surface area contributed by atoms with Gasteiger partial charge in [-0.2, -0.15) is 0 Å². The Hall–Kier alpha value is -0.125. The maximum Gasteiger partial charge on any atom is 0.210 e. The number of ether oxygens (including phenoxy) is 1. The Kier molecular flexibility index (Phi) is 7.22. The summed E-state index contributed by atoms with van der Waals surface area (Å²) in [7, 11) is -1.03. The van der Waals surface area contributed by atoms with Gasteiger partial charge in [-0.05, 0) is 11.9 Å². The Balaban J connectivity index is 3.95. The van der Waals surface area contributed by atoms with Crippen molar-refractivity contribution in [1.29, 1.82) is 0 Å². The highest BCUT2D eigenvalue weighted by Crippen LogP contribution is 2.15. The SMILES string of the molecule is B[C@@H](CO)O[C@H](/C=C/[PH](=O)O)CO. The van der Waals surface area contributed by atoms with E-state index in [0.717, 1.165) is 5.82 Å². The van der Waals surface area contributed by atoms with Gasteiger partial charge in [-0.15, -0.1) is 0 Å². The fourth-order valence-corrected chi connectivity index (χ4v) is 1.06. The molecule has 13 heavy (non-hydrogen) atoms. The summed E-state index contributed by atoms with van der Waals surface area (Å²) >= 11 is 0. The molecule has 3 atom stereocenters. The molecular formula is C6H14BO5P. The van der Waals surface area contributed by atoms with Crippen molar-refractivity contribution in [1.82, 2.24) is 0 Å². The molecule has 0 spiro atoms. The lowest BCUT2D eigenvalue weighted by Crippen LogP contribution is -2.26. The first-order valence-electron chi connectivity index (χ1n) is 3.88. The molecule has 0 amide bonds. The summed E-state index contributed by atoms with van der Waals surface area (Å²) < 4.78 is 15.4. The van der Waals surface area contributed by atoms with Crippen molar-refractivity contribution >= 4 is 15.9 Å². The van der Waals surface area contributed by atoms with Crippen LogP contribution in [-0.2, 0) is 9.30 Å². The molecule has 0 fully saturated rings. The molecule has 0 aromatic carbocycles. The quantitative estimate of drug-likeness (QED) is 0.357. The van der Waals surface area contributed by atoms with Crippen LogP contribution >= 0.6 is 8.03 Å².